The van der Waals surface area contributed by atoms with Crippen molar-refractivity contribution in [2.45, 2.75) is 26.3 Å². The second kappa shape index (κ2) is 4.19. The van der Waals surface area contributed by atoms with E-state index in [0.717, 1.165) is 39.0 Å². The number of rotatable bonds is 1. The van der Waals surface area contributed by atoms with Gasteiger partial charge in [-0.15, -0.1) is 0 Å². The van der Waals surface area contributed by atoms with Crippen LogP contribution in [0, 0.1) is 6.92 Å². The van der Waals surface area contributed by atoms with Crippen molar-refractivity contribution in [2.24, 2.45) is 0 Å². The van der Waals surface area contributed by atoms with Crippen molar-refractivity contribution in [2.75, 3.05) is 0 Å². The Morgan fingerprint density at radius 3 is 2.73 bits per heavy atom. The first-order valence-electron chi connectivity index (χ1n) is 7.38. The Bertz CT molecular complexity index is 921. The molecule has 4 nitrogen and oxygen atoms in total. The highest BCUT2D eigenvalue weighted by Crippen LogP contribution is 2.35. The molecule has 0 aliphatic carbocycles. The van der Waals surface area contributed by atoms with Crippen molar-refractivity contribution in [3.63, 3.8) is 0 Å². The maximum atomic E-state index is 12.0. The molecule has 0 atom stereocenters. The lowest BCUT2D eigenvalue weighted by Crippen LogP contribution is -2.32. The zero-order valence-corrected chi connectivity index (χ0v) is 12.8. The molecule has 3 aromatic rings. The smallest absolute Gasteiger partial charge is 0.252 e. The van der Waals surface area contributed by atoms with E-state index >= 15 is 0 Å². The second-order valence-corrected chi connectivity index (χ2v) is 6.39. The molecular formula is C18H17N3O. The van der Waals surface area contributed by atoms with Crippen molar-refractivity contribution in [1.29, 1.82) is 0 Å². The third kappa shape index (κ3) is 1.77. The summed E-state index contributed by atoms with van der Waals surface area (Å²) in [5, 5.41) is 4.11. The number of hydrogen-bond donors (Lipinski definition) is 2. The third-order valence-corrected chi connectivity index (χ3v) is 4.35. The number of aromatic nitrogens is 2. The van der Waals surface area contributed by atoms with Gasteiger partial charge in [-0.05, 0) is 56.2 Å². The molecule has 22 heavy (non-hydrogen) atoms. The highest BCUT2D eigenvalue weighted by Gasteiger charge is 2.35. The molecule has 2 N–H and O–H groups in total. The monoisotopic (exact) mass is 291 g/mol. The molecule has 2 aromatic heterocycles. The summed E-state index contributed by atoms with van der Waals surface area (Å²) in [6.07, 6.45) is 1.98. The molecule has 1 aliphatic rings. The zero-order chi connectivity index (χ0) is 15.5. The Morgan fingerprint density at radius 1 is 1.09 bits per heavy atom. The molecule has 1 aliphatic heterocycles. The highest BCUT2D eigenvalue weighted by atomic mass is 16.2. The number of benzene rings is 1. The normalized spacial score (nSPS) is 15.9. The number of amides is 1. The van der Waals surface area contributed by atoms with Crippen LogP contribution in [-0.2, 0) is 5.54 Å². The van der Waals surface area contributed by atoms with Gasteiger partial charge in [0, 0.05) is 28.4 Å². The van der Waals surface area contributed by atoms with Gasteiger partial charge in [0.15, 0.2) is 0 Å². The largest absolute Gasteiger partial charge is 0.346 e. The van der Waals surface area contributed by atoms with Gasteiger partial charge >= 0.3 is 0 Å². The maximum absolute atomic E-state index is 12.0. The number of carbonyl (C=O) groups is 1. The minimum atomic E-state index is -0.330. The summed E-state index contributed by atoms with van der Waals surface area (Å²) >= 11 is 0. The lowest BCUT2D eigenvalue weighted by Gasteiger charge is -2.19. The number of carbonyl (C=O) groups excluding carboxylic acids is 1. The molecule has 4 rings (SSSR count). The molecule has 0 fully saturated rings. The van der Waals surface area contributed by atoms with Crippen LogP contribution in [0.15, 0.2) is 36.5 Å². The number of nitrogens with zero attached hydrogens (tertiary/aromatic N) is 1. The number of aryl methyl sites for hydroxylation is 1. The van der Waals surface area contributed by atoms with Crippen LogP contribution in [0.5, 0.6) is 0 Å². The average molecular weight is 291 g/mol. The molecule has 1 aromatic carbocycles. The first kappa shape index (κ1) is 13.1. The predicted molar refractivity (Wildman–Crippen MR) is 86.8 cm³/mol. The average Bonchev–Trinajstić information content (AvgIpc) is 2.97. The topological polar surface area (TPSA) is 57.8 Å². The quantitative estimate of drug-likeness (QED) is 0.720. The molecule has 1 amide bonds. The lowest BCUT2D eigenvalue weighted by atomic mass is 9.91. The van der Waals surface area contributed by atoms with Gasteiger partial charge in [-0.25, -0.2) is 4.98 Å². The molecule has 0 bridgehead atoms. The standard InChI is InChI=1S/C18H17N3O/c1-10-4-6-12-14(9-19-16(12)20-10)11-5-7-13-15(8-11)18(2,3)21-17(13)22/h4-9H,1-3H3,(H,19,20)(H,21,22). The van der Waals surface area contributed by atoms with Crippen LogP contribution in [0.4, 0.5) is 0 Å². The Balaban J connectivity index is 1.92. The van der Waals surface area contributed by atoms with Crippen LogP contribution in [0.1, 0.15) is 35.5 Å². The van der Waals surface area contributed by atoms with E-state index in [1.807, 2.05) is 45.2 Å². The van der Waals surface area contributed by atoms with E-state index in [1.54, 1.807) is 0 Å². The first-order chi connectivity index (χ1) is 10.5. The van der Waals surface area contributed by atoms with Gasteiger partial charge < -0.3 is 10.3 Å². The van der Waals surface area contributed by atoms with Gasteiger partial charge in [-0.3, -0.25) is 4.79 Å². The molecule has 0 radical (unpaired) electrons. The Labute approximate surface area is 128 Å². The van der Waals surface area contributed by atoms with Gasteiger partial charge in [0.25, 0.3) is 5.91 Å². The van der Waals surface area contributed by atoms with E-state index in [-0.39, 0.29) is 11.4 Å². The fourth-order valence-electron chi connectivity index (χ4n) is 3.19. The number of nitrogens with one attached hydrogen (secondary N) is 2. The van der Waals surface area contributed by atoms with Crippen LogP contribution in [0.2, 0.25) is 0 Å². The van der Waals surface area contributed by atoms with Crippen molar-refractivity contribution in [3.8, 4) is 11.1 Å². The zero-order valence-electron chi connectivity index (χ0n) is 12.8. The van der Waals surface area contributed by atoms with Gasteiger partial charge in [-0.2, -0.15) is 0 Å². The lowest BCUT2D eigenvalue weighted by molar-refractivity contribution is 0.0940. The number of H-pyrrole nitrogens is 1. The highest BCUT2D eigenvalue weighted by molar-refractivity contribution is 6.01. The summed E-state index contributed by atoms with van der Waals surface area (Å²) in [6.45, 7) is 6.04. The molecule has 110 valence electrons. The Morgan fingerprint density at radius 2 is 1.91 bits per heavy atom. The van der Waals surface area contributed by atoms with E-state index in [1.165, 1.54) is 0 Å². The number of pyridine rings is 1. The van der Waals surface area contributed by atoms with Gasteiger partial charge in [0.1, 0.15) is 5.65 Å². The summed E-state index contributed by atoms with van der Waals surface area (Å²) in [6, 6.07) is 10.1. The van der Waals surface area contributed by atoms with E-state index in [9.17, 15) is 4.79 Å². The fourth-order valence-corrected chi connectivity index (χ4v) is 3.19. The fraction of sp³-hybridized carbons (Fsp3) is 0.222. The predicted octanol–water partition coefficient (Wildman–Crippen LogP) is 3.52. The van der Waals surface area contributed by atoms with Crippen LogP contribution >= 0.6 is 0 Å². The number of aromatic amines is 1. The molecular weight excluding hydrogens is 274 g/mol. The van der Waals surface area contributed by atoms with Crippen molar-refractivity contribution in [1.82, 2.24) is 15.3 Å². The SMILES string of the molecule is Cc1ccc2c(-c3ccc4c(c3)C(C)(C)NC4=O)c[nH]c2n1. The van der Waals surface area contributed by atoms with Crippen LogP contribution in [0.3, 0.4) is 0 Å². The van der Waals surface area contributed by atoms with E-state index in [0.29, 0.717) is 0 Å². The van der Waals surface area contributed by atoms with Gasteiger partial charge in [0.05, 0.1) is 5.54 Å². The molecule has 0 saturated heterocycles. The summed E-state index contributed by atoms with van der Waals surface area (Å²) in [5.74, 6) is 0.00256. The van der Waals surface area contributed by atoms with Gasteiger partial charge in [-0.1, -0.05) is 6.07 Å². The van der Waals surface area contributed by atoms with Crippen LogP contribution in [-0.4, -0.2) is 15.9 Å². The molecule has 0 spiro atoms. The maximum Gasteiger partial charge on any atom is 0.252 e. The molecule has 0 saturated carbocycles. The van der Waals surface area contributed by atoms with Crippen molar-refractivity contribution < 1.29 is 4.79 Å². The molecule has 0 unspecified atom stereocenters. The number of fused-ring (bicyclic) bond motifs is 2. The van der Waals surface area contributed by atoms with Crippen molar-refractivity contribution >= 4 is 16.9 Å². The van der Waals surface area contributed by atoms with Crippen LogP contribution < -0.4 is 5.32 Å². The Hall–Kier alpha value is -2.62. The first-order valence-corrected chi connectivity index (χ1v) is 7.38. The van der Waals surface area contributed by atoms with Gasteiger partial charge in [0.2, 0.25) is 0 Å². The second-order valence-electron chi connectivity index (χ2n) is 6.39. The molecule has 3 heterocycles. The van der Waals surface area contributed by atoms with E-state index in [2.05, 4.69) is 27.4 Å². The van der Waals surface area contributed by atoms with E-state index < -0.39 is 0 Å². The minimum Gasteiger partial charge on any atom is -0.346 e. The number of hydrogen-bond acceptors (Lipinski definition) is 2. The summed E-state index contributed by atoms with van der Waals surface area (Å²) in [7, 11) is 0. The third-order valence-electron chi connectivity index (χ3n) is 4.35. The summed E-state index contributed by atoms with van der Waals surface area (Å²) in [5.41, 5.74) is 5.58. The molecule has 4 heteroatoms. The van der Waals surface area contributed by atoms with E-state index in [4.69, 9.17) is 0 Å². The minimum absolute atomic E-state index is 0.00256. The van der Waals surface area contributed by atoms with Crippen molar-refractivity contribution in [3.05, 3.63) is 53.3 Å². The summed E-state index contributed by atoms with van der Waals surface area (Å²) in [4.78, 5) is 19.7. The summed E-state index contributed by atoms with van der Waals surface area (Å²) < 4.78 is 0. The van der Waals surface area contributed by atoms with Crippen LogP contribution in [0.25, 0.3) is 22.2 Å². The Kier molecular flexibility index (Phi) is 2.49.